The Morgan fingerprint density at radius 2 is 1.68 bits per heavy atom. The van der Waals surface area contributed by atoms with Crippen LogP contribution in [0.15, 0.2) is 30.3 Å². The van der Waals surface area contributed by atoms with Gasteiger partial charge in [-0.15, -0.1) is 0 Å². The number of carbonyl (C=O) groups excluding carboxylic acids is 3. The van der Waals surface area contributed by atoms with E-state index in [-0.39, 0.29) is 12.5 Å². The maximum atomic E-state index is 12.6. The number of benzene rings is 1. The van der Waals surface area contributed by atoms with Crippen molar-refractivity contribution in [2.45, 2.75) is 44.5 Å². The van der Waals surface area contributed by atoms with Crippen molar-refractivity contribution in [3.05, 3.63) is 35.9 Å². The van der Waals surface area contributed by atoms with Crippen molar-refractivity contribution in [3.8, 4) is 0 Å². The van der Waals surface area contributed by atoms with E-state index < -0.39 is 42.6 Å². The van der Waals surface area contributed by atoms with Crippen LogP contribution in [0.1, 0.15) is 24.2 Å². The van der Waals surface area contributed by atoms with Crippen molar-refractivity contribution in [1.82, 2.24) is 5.32 Å². The van der Waals surface area contributed by atoms with Crippen molar-refractivity contribution >= 4 is 17.8 Å². The molecule has 0 saturated carbocycles. The lowest BCUT2D eigenvalue weighted by molar-refractivity contribution is -0.271. The fourth-order valence-corrected chi connectivity index (χ4v) is 3.03. The topological polar surface area (TPSA) is 109 Å². The zero-order chi connectivity index (χ0) is 20.7. The molecule has 1 aliphatic heterocycles. The monoisotopic (exact) mass is 395 g/mol. The number of carbonyl (C=O) groups is 3. The fraction of sp³-hybridized carbons (Fsp3) is 0.526. The molecular formula is C19H25NO8. The molecule has 1 aliphatic rings. The van der Waals surface area contributed by atoms with Gasteiger partial charge in [0.1, 0.15) is 24.9 Å². The van der Waals surface area contributed by atoms with Gasteiger partial charge in [-0.3, -0.25) is 14.4 Å². The second-order valence-corrected chi connectivity index (χ2v) is 6.22. The van der Waals surface area contributed by atoms with Crippen LogP contribution in [0, 0.1) is 0 Å². The van der Waals surface area contributed by atoms with E-state index in [1.165, 1.54) is 28.1 Å². The van der Waals surface area contributed by atoms with Gasteiger partial charge in [-0.05, 0) is 12.1 Å². The molecule has 1 saturated heterocycles. The summed E-state index contributed by atoms with van der Waals surface area (Å²) in [7, 11) is 2.83. The highest BCUT2D eigenvalue weighted by molar-refractivity contribution is 5.94. The minimum absolute atomic E-state index is 0.160. The number of amides is 1. The maximum absolute atomic E-state index is 12.6. The molecule has 0 spiro atoms. The summed E-state index contributed by atoms with van der Waals surface area (Å²) in [5.41, 5.74) is 0.443. The van der Waals surface area contributed by atoms with Crippen LogP contribution < -0.4 is 5.32 Å². The zero-order valence-corrected chi connectivity index (χ0v) is 16.2. The van der Waals surface area contributed by atoms with Gasteiger partial charge in [0.2, 0.25) is 0 Å². The van der Waals surface area contributed by atoms with Gasteiger partial charge in [-0.25, -0.2) is 0 Å². The number of esters is 2. The van der Waals surface area contributed by atoms with E-state index in [1.54, 1.807) is 30.3 Å². The average molecular weight is 395 g/mol. The Bertz CT molecular complexity index is 680. The minimum Gasteiger partial charge on any atom is -0.463 e. The smallest absolute Gasteiger partial charge is 0.303 e. The number of hydrogen-bond donors (Lipinski definition) is 1. The Labute approximate surface area is 163 Å². The minimum atomic E-state index is -0.922. The summed E-state index contributed by atoms with van der Waals surface area (Å²) in [6.45, 7) is 2.34. The molecule has 1 aromatic rings. The molecule has 154 valence electrons. The number of rotatable bonds is 7. The second kappa shape index (κ2) is 10.2. The normalized spacial score (nSPS) is 26.9. The van der Waals surface area contributed by atoms with Crippen LogP contribution in [0.2, 0.25) is 0 Å². The van der Waals surface area contributed by atoms with Gasteiger partial charge in [-0.1, -0.05) is 18.2 Å². The third kappa shape index (κ3) is 5.51. The van der Waals surface area contributed by atoms with Crippen LogP contribution in [0.3, 0.4) is 0 Å². The first-order chi connectivity index (χ1) is 13.4. The van der Waals surface area contributed by atoms with Gasteiger partial charge in [0.15, 0.2) is 12.4 Å². The van der Waals surface area contributed by atoms with E-state index in [9.17, 15) is 14.4 Å². The Morgan fingerprint density at radius 3 is 2.21 bits per heavy atom. The summed E-state index contributed by atoms with van der Waals surface area (Å²) < 4.78 is 27.1. The third-order valence-electron chi connectivity index (χ3n) is 4.24. The summed E-state index contributed by atoms with van der Waals surface area (Å²) in [6.07, 6.45) is -3.46. The lowest BCUT2D eigenvalue weighted by atomic mass is 9.96. The molecule has 0 aliphatic carbocycles. The van der Waals surface area contributed by atoms with Gasteiger partial charge in [0.25, 0.3) is 5.91 Å². The van der Waals surface area contributed by atoms with Crippen molar-refractivity contribution in [2.75, 3.05) is 20.8 Å². The molecule has 1 amide bonds. The Morgan fingerprint density at radius 1 is 1.00 bits per heavy atom. The molecule has 1 aromatic carbocycles. The highest BCUT2D eigenvalue weighted by Gasteiger charge is 2.49. The summed E-state index contributed by atoms with van der Waals surface area (Å²) in [5, 5.41) is 2.81. The quantitative estimate of drug-likeness (QED) is 0.671. The van der Waals surface area contributed by atoms with E-state index in [0.29, 0.717) is 5.56 Å². The first-order valence-electron chi connectivity index (χ1n) is 8.75. The predicted molar refractivity (Wildman–Crippen MR) is 96.4 cm³/mol. The summed E-state index contributed by atoms with van der Waals surface area (Å²) in [5.74, 6) is -1.43. The SMILES string of the molecule is COC1OC(COC(C)=O)[C@H](OC(C)=O)C(OC)C1NC(=O)c1ccccc1. The second-order valence-electron chi connectivity index (χ2n) is 6.22. The lowest BCUT2D eigenvalue weighted by Gasteiger charge is -2.44. The van der Waals surface area contributed by atoms with Gasteiger partial charge >= 0.3 is 11.9 Å². The fourth-order valence-electron chi connectivity index (χ4n) is 3.03. The van der Waals surface area contributed by atoms with Crippen molar-refractivity contribution < 1.29 is 38.1 Å². The van der Waals surface area contributed by atoms with E-state index in [1.807, 2.05) is 0 Å². The summed E-state index contributed by atoms with van der Waals surface area (Å²) in [4.78, 5) is 35.4. The van der Waals surface area contributed by atoms with E-state index in [0.717, 1.165) is 0 Å². The van der Waals surface area contributed by atoms with Crippen LogP contribution in [-0.2, 0) is 33.3 Å². The molecule has 0 aromatic heterocycles. The van der Waals surface area contributed by atoms with Gasteiger partial charge in [-0.2, -0.15) is 0 Å². The molecule has 0 radical (unpaired) electrons. The van der Waals surface area contributed by atoms with Crippen LogP contribution in [0.4, 0.5) is 0 Å². The van der Waals surface area contributed by atoms with Crippen molar-refractivity contribution in [1.29, 1.82) is 0 Å². The molecule has 9 heteroatoms. The van der Waals surface area contributed by atoms with Gasteiger partial charge in [0.05, 0.1) is 0 Å². The largest absolute Gasteiger partial charge is 0.463 e. The molecule has 1 heterocycles. The first-order valence-corrected chi connectivity index (χ1v) is 8.75. The predicted octanol–water partition coefficient (Wildman–Crippen LogP) is 0.666. The van der Waals surface area contributed by atoms with Crippen molar-refractivity contribution in [3.63, 3.8) is 0 Å². The Kier molecular flexibility index (Phi) is 7.91. The summed E-state index contributed by atoms with van der Waals surface area (Å²) in [6, 6.07) is 7.83. The number of nitrogens with one attached hydrogen (secondary N) is 1. The Hall–Kier alpha value is -2.49. The molecule has 4 unspecified atom stereocenters. The molecule has 5 atom stereocenters. The van der Waals surface area contributed by atoms with E-state index in [4.69, 9.17) is 23.7 Å². The number of hydrogen-bond acceptors (Lipinski definition) is 8. The number of ether oxygens (including phenoxy) is 5. The molecular weight excluding hydrogens is 370 g/mol. The van der Waals surface area contributed by atoms with E-state index >= 15 is 0 Å². The van der Waals surface area contributed by atoms with Gasteiger partial charge < -0.3 is 29.0 Å². The Balaban J connectivity index is 2.26. The molecule has 2 rings (SSSR count). The lowest BCUT2D eigenvalue weighted by Crippen LogP contribution is -2.66. The highest BCUT2D eigenvalue weighted by Crippen LogP contribution is 2.27. The summed E-state index contributed by atoms with van der Waals surface area (Å²) >= 11 is 0. The molecule has 1 fully saturated rings. The zero-order valence-electron chi connectivity index (χ0n) is 16.2. The molecule has 0 bridgehead atoms. The molecule has 28 heavy (non-hydrogen) atoms. The first kappa shape index (κ1) is 21.8. The van der Waals surface area contributed by atoms with Crippen LogP contribution in [0.25, 0.3) is 0 Å². The highest BCUT2D eigenvalue weighted by atomic mass is 16.7. The van der Waals surface area contributed by atoms with Crippen LogP contribution in [0.5, 0.6) is 0 Å². The third-order valence-corrected chi connectivity index (χ3v) is 4.24. The van der Waals surface area contributed by atoms with Gasteiger partial charge in [0, 0.05) is 33.6 Å². The maximum Gasteiger partial charge on any atom is 0.303 e. The van der Waals surface area contributed by atoms with Crippen molar-refractivity contribution in [2.24, 2.45) is 0 Å². The average Bonchev–Trinajstić information content (AvgIpc) is 2.67. The standard InChI is InChI=1S/C19H25NO8/c1-11(21)26-10-14-16(27-12(2)22)17(24-3)15(19(25-4)28-14)20-18(23)13-8-6-5-7-9-13/h5-9,14-17,19H,10H2,1-4H3,(H,20,23)/t14?,15?,16-,17?,19?/m0/s1. The molecule has 1 N–H and O–H groups in total. The molecule has 9 nitrogen and oxygen atoms in total. The van der Waals surface area contributed by atoms with Crippen LogP contribution >= 0.6 is 0 Å². The number of methoxy groups -OCH3 is 2. The van der Waals surface area contributed by atoms with Crippen LogP contribution in [-0.4, -0.2) is 69.3 Å². The van der Waals surface area contributed by atoms with E-state index in [2.05, 4.69) is 5.32 Å².